The Balaban J connectivity index is 2.43. The van der Waals surface area contributed by atoms with Crippen molar-refractivity contribution in [2.45, 2.75) is 20.8 Å². The van der Waals surface area contributed by atoms with Gasteiger partial charge in [-0.25, -0.2) is 0 Å². The number of benzene rings is 1. The van der Waals surface area contributed by atoms with Gasteiger partial charge in [-0.2, -0.15) is 5.26 Å². The van der Waals surface area contributed by atoms with Crippen LogP contribution in [0.5, 0.6) is 0 Å². The highest BCUT2D eigenvalue weighted by atomic mass is 14.9. The predicted octanol–water partition coefficient (Wildman–Crippen LogP) is 3.62. The lowest BCUT2D eigenvalue weighted by Crippen LogP contribution is -1.99. The summed E-state index contributed by atoms with van der Waals surface area (Å²) in [4.78, 5) is 4.30. The molecule has 1 aromatic heterocycles. The van der Waals surface area contributed by atoms with E-state index in [-0.39, 0.29) is 0 Å². The van der Waals surface area contributed by atoms with E-state index >= 15 is 0 Å². The smallest absolute Gasteiger partial charge is 0.103 e. The van der Waals surface area contributed by atoms with Crippen LogP contribution in [0.4, 0.5) is 11.4 Å². The summed E-state index contributed by atoms with van der Waals surface area (Å²) in [6, 6.07) is 12.2. The molecular weight excluding hydrogens is 222 g/mol. The number of nitriles is 1. The topological polar surface area (TPSA) is 48.7 Å². The summed E-state index contributed by atoms with van der Waals surface area (Å²) in [7, 11) is 0. The minimum atomic E-state index is 0.599. The fourth-order valence-corrected chi connectivity index (χ4v) is 1.95. The lowest BCUT2D eigenvalue weighted by Gasteiger charge is -2.11. The highest BCUT2D eigenvalue weighted by molar-refractivity contribution is 5.68. The Bertz CT molecular complexity index is 624. The van der Waals surface area contributed by atoms with E-state index in [2.05, 4.69) is 16.4 Å². The zero-order valence-corrected chi connectivity index (χ0v) is 10.8. The first-order valence-electron chi connectivity index (χ1n) is 5.82. The molecule has 0 bridgehead atoms. The van der Waals surface area contributed by atoms with Crippen LogP contribution >= 0.6 is 0 Å². The second kappa shape index (κ2) is 4.89. The summed E-state index contributed by atoms with van der Waals surface area (Å²) in [6.45, 7) is 5.82. The van der Waals surface area contributed by atoms with Gasteiger partial charge < -0.3 is 5.32 Å². The number of anilines is 2. The average Bonchev–Trinajstić information content (AvgIpc) is 2.28. The molecule has 3 nitrogen and oxygen atoms in total. The van der Waals surface area contributed by atoms with Crippen LogP contribution in [0, 0.1) is 32.1 Å². The number of pyridine rings is 1. The van der Waals surface area contributed by atoms with Crippen molar-refractivity contribution in [3.8, 4) is 6.07 Å². The van der Waals surface area contributed by atoms with Gasteiger partial charge in [0.1, 0.15) is 6.07 Å². The maximum absolute atomic E-state index is 9.19. The second-order valence-electron chi connectivity index (χ2n) is 4.38. The Kier molecular flexibility index (Phi) is 3.29. The molecule has 2 aromatic rings. The van der Waals surface area contributed by atoms with Crippen molar-refractivity contribution in [1.82, 2.24) is 4.98 Å². The molecule has 1 N–H and O–H groups in total. The van der Waals surface area contributed by atoms with Crippen molar-refractivity contribution < 1.29 is 0 Å². The molecule has 0 aliphatic rings. The molecule has 2 rings (SSSR count). The number of rotatable bonds is 2. The van der Waals surface area contributed by atoms with Crippen molar-refractivity contribution in [3.05, 3.63) is 52.8 Å². The summed E-state index contributed by atoms with van der Waals surface area (Å²) >= 11 is 0. The van der Waals surface area contributed by atoms with Crippen molar-refractivity contribution in [1.29, 1.82) is 5.26 Å². The number of aromatic nitrogens is 1. The third-order valence-corrected chi connectivity index (χ3v) is 2.74. The largest absolute Gasteiger partial charge is 0.354 e. The van der Waals surface area contributed by atoms with E-state index in [1.165, 1.54) is 5.56 Å². The van der Waals surface area contributed by atoms with E-state index in [1.807, 2.05) is 51.1 Å². The lowest BCUT2D eigenvalue weighted by molar-refractivity contribution is 1.11. The average molecular weight is 237 g/mol. The Morgan fingerprint density at radius 1 is 1.17 bits per heavy atom. The van der Waals surface area contributed by atoms with Gasteiger partial charge in [0, 0.05) is 11.4 Å². The van der Waals surface area contributed by atoms with E-state index in [0.717, 1.165) is 22.8 Å². The molecule has 1 heterocycles. The van der Waals surface area contributed by atoms with Gasteiger partial charge in [-0.05, 0) is 44.5 Å². The SMILES string of the molecule is Cc1cccc(Nc2cc(C)nc(C)c2C#N)c1. The maximum Gasteiger partial charge on any atom is 0.103 e. The molecule has 0 radical (unpaired) electrons. The van der Waals surface area contributed by atoms with Crippen LogP contribution in [0.1, 0.15) is 22.5 Å². The van der Waals surface area contributed by atoms with E-state index in [4.69, 9.17) is 0 Å². The molecule has 18 heavy (non-hydrogen) atoms. The molecular formula is C15H15N3. The van der Waals surface area contributed by atoms with Crippen LogP contribution in [0.25, 0.3) is 0 Å². The van der Waals surface area contributed by atoms with E-state index in [0.29, 0.717) is 5.56 Å². The first-order valence-corrected chi connectivity index (χ1v) is 5.82. The number of aryl methyl sites for hydroxylation is 3. The van der Waals surface area contributed by atoms with Crippen LogP contribution in [0.3, 0.4) is 0 Å². The van der Waals surface area contributed by atoms with E-state index in [1.54, 1.807) is 0 Å². The molecule has 1 aromatic carbocycles. The molecule has 0 atom stereocenters. The van der Waals surface area contributed by atoms with Crippen LogP contribution in [-0.2, 0) is 0 Å². The molecule has 0 unspecified atom stereocenters. The first kappa shape index (κ1) is 12.1. The summed E-state index contributed by atoms with van der Waals surface area (Å²) in [5, 5.41) is 12.5. The van der Waals surface area contributed by atoms with Crippen LogP contribution in [-0.4, -0.2) is 4.98 Å². The standard InChI is InChI=1S/C15H15N3/c1-10-5-4-6-13(7-10)18-15-8-11(2)17-12(3)14(15)9-16/h4-8H,1-3H3,(H,17,18). The molecule has 0 spiro atoms. The van der Waals surface area contributed by atoms with Gasteiger partial charge in [-0.3, -0.25) is 4.98 Å². The summed E-state index contributed by atoms with van der Waals surface area (Å²) in [5.41, 5.74) is 5.24. The third-order valence-electron chi connectivity index (χ3n) is 2.74. The van der Waals surface area contributed by atoms with Gasteiger partial charge in [0.05, 0.1) is 16.9 Å². The van der Waals surface area contributed by atoms with Crippen LogP contribution in [0.15, 0.2) is 30.3 Å². The monoisotopic (exact) mass is 237 g/mol. The normalized spacial score (nSPS) is 9.89. The molecule has 0 saturated heterocycles. The van der Waals surface area contributed by atoms with Crippen LogP contribution < -0.4 is 5.32 Å². The number of nitrogens with zero attached hydrogens (tertiary/aromatic N) is 2. The first-order chi connectivity index (χ1) is 8.60. The van der Waals surface area contributed by atoms with Crippen LogP contribution in [0.2, 0.25) is 0 Å². The molecule has 0 aliphatic carbocycles. The summed E-state index contributed by atoms with van der Waals surface area (Å²) < 4.78 is 0. The zero-order valence-electron chi connectivity index (χ0n) is 10.8. The predicted molar refractivity (Wildman–Crippen MR) is 72.9 cm³/mol. The highest BCUT2D eigenvalue weighted by Gasteiger charge is 2.08. The Hall–Kier alpha value is -2.34. The highest BCUT2D eigenvalue weighted by Crippen LogP contribution is 2.23. The van der Waals surface area contributed by atoms with Crippen molar-refractivity contribution in [3.63, 3.8) is 0 Å². The Labute approximate surface area is 107 Å². The third kappa shape index (κ3) is 2.49. The van der Waals surface area contributed by atoms with Crippen molar-refractivity contribution in [2.75, 3.05) is 5.32 Å². The number of hydrogen-bond donors (Lipinski definition) is 1. The molecule has 90 valence electrons. The summed E-state index contributed by atoms with van der Waals surface area (Å²) in [5.74, 6) is 0. The fourth-order valence-electron chi connectivity index (χ4n) is 1.95. The van der Waals surface area contributed by atoms with E-state index in [9.17, 15) is 5.26 Å². The minimum absolute atomic E-state index is 0.599. The van der Waals surface area contributed by atoms with Gasteiger partial charge in [0.25, 0.3) is 0 Å². The van der Waals surface area contributed by atoms with Gasteiger partial charge in [-0.15, -0.1) is 0 Å². The Morgan fingerprint density at radius 2 is 1.94 bits per heavy atom. The zero-order chi connectivity index (χ0) is 13.1. The molecule has 0 amide bonds. The fraction of sp³-hybridized carbons (Fsp3) is 0.200. The molecule has 0 fully saturated rings. The lowest BCUT2D eigenvalue weighted by atomic mass is 10.1. The number of nitrogens with one attached hydrogen (secondary N) is 1. The molecule has 0 aliphatic heterocycles. The molecule has 3 heteroatoms. The van der Waals surface area contributed by atoms with Gasteiger partial charge in [0.15, 0.2) is 0 Å². The Morgan fingerprint density at radius 3 is 2.61 bits per heavy atom. The van der Waals surface area contributed by atoms with Crippen molar-refractivity contribution in [2.24, 2.45) is 0 Å². The van der Waals surface area contributed by atoms with Gasteiger partial charge >= 0.3 is 0 Å². The maximum atomic E-state index is 9.19. The quantitative estimate of drug-likeness (QED) is 0.867. The molecule has 0 saturated carbocycles. The van der Waals surface area contributed by atoms with Gasteiger partial charge in [-0.1, -0.05) is 12.1 Å². The van der Waals surface area contributed by atoms with E-state index < -0.39 is 0 Å². The van der Waals surface area contributed by atoms with Gasteiger partial charge in [0.2, 0.25) is 0 Å². The minimum Gasteiger partial charge on any atom is -0.354 e. The summed E-state index contributed by atoms with van der Waals surface area (Å²) in [6.07, 6.45) is 0. The van der Waals surface area contributed by atoms with Crippen molar-refractivity contribution >= 4 is 11.4 Å². The second-order valence-corrected chi connectivity index (χ2v) is 4.38. The number of hydrogen-bond acceptors (Lipinski definition) is 3.